The molecule has 0 saturated carbocycles. The minimum Gasteiger partial charge on any atom is -0.392 e. The van der Waals surface area contributed by atoms with E-state index in [0.29, 0.717) is 0 Å². The predicted octanol–water partition coefficient (Wildman–Crippen LogP) is 1.57. The van der Waals surface area contributed by atoms with Gasteiger partial charge in [0.2, 0.25) is 0 Å². The lowest BCUT2D eigenvalue weighted by atomic mass is 10.1. The number of hydrogen-bond donors (Lipinski definition) is 2. The van der Waals surface area contributed by atoms with E-state index in [0.717, 1.165) is 16.5 Å². The smallest absolute Gasteiger partial charge is 0.0656 e. The van der Waals surface area contributed by atoms with E-state index in [-0.39, 0.29) is 6.61 Å². The number of aromatic amines is 1. The van der Waals surface area contributed by atoms with E-state index < -0.39 is 0 Å². The lowest BCUT2D eigenvalue weighted by Crippen LogP contribution is -1.76. The van der Waals surface area contributed by atoms with Crippen molar-refractivity contribution in [3.05, 3.63) is 36.0 Å². The van der Waals surface area contributed by atoms with Crippen LogP contribution in [0.15, 0.2) is 30.5 Å². The van der Waals surface area contributed by atoms with Gasteiger partial charge in [-0.15, -0.1) is 0 Å². The first-order valence-corrected chi connectivity index (χ1v) is 4.11. The quantitative estimate of drug-likeness (QED) is 0.726. The number of hydrogen-bond acceptors (Lipinski definition) is 2. The number of aliphatic hydroxyl groups excluding tert-OH is 1. The molecule has 0 fully saturated rings. The van der Waals surface area contributed by atoms with Crippen LogP contribution in [0.3, 0.4) is 0 Å². The van der Waals surface area contributed by atoms with Crippen LogP contribution in [0.2, 0.25) is 0 Å². The van der Waals surface area contributed by atoms with Crippen molar-refractivity contribution in [2.24, 2.45) is 0 Å². The van der Waals surface area contributed by atoms with Gasteiger partial charge in [-0.05, 0) is 11.6 Å². The van der Waals surface area contributed by atoms with Crippen molar-refractivity contribution in [3.63, 3.8) is 0 Å². The van der Waals surface area contributed by atoms with Gasteiger partial charge in [0.25, 0.3) is 0 Å². The lowest BCUT2D eigenvalue weighted by Gasteiger charge is -1.94. The standard InChI is InChI=1S/C10H10N2O/c13-6-2-4-8-3-1-5-10-9(8)7-11-12-10/h1-5,7,13H,6H2,(H,11,12). The first-order valence-electron chi connectivity index (χ1n) is 4.11. The number of aliphatic hydroxyl groups is 1. The first kappa shape index (κ1) is 8.01. The highest BCUT2D eigenvalue weighted by Crippen LogP contribution is 2.16. The Bertz CT molecular complexity index is 431. The lowest BCUT2D eigenvalue weighted by molar-refractivity contribution is 0.343. The van der Waals surface area contributed by atoms with Crippen LogP contribution in [0.25, 0.3) is 17.0 Å². The minimum atomic E-state index is 0.0637. The van der Waals surface area contributed by atoms with Gasteiger partial charge >= 0.3 is 0 Å². The summed E-state index contributed by atoms with van der Waals surface area (Å²) in [6, 6.07) is 5.92. The van der Waals surface area contributed by atoms with Crippen molar-refractivity contribution < 1.29 is 5.11 Å². The van der Waals surface area contributed by atoms with E-state index in [1.807, 2.05) is 24.3 Å². The average molecular weight is 174 g/mol. The number of fused-ring (bicyclic) bond motifs is 1. The summed E-state index contributed by atoms with van der Waals surface area (Å²) in [6.45, 7) is 0.0637. The molecule has 0 atom stereocenters. The van der Waals surface area contributed by atoms with Crippen LogP contribution < -0.4 is 0 Å². The molecule has 0 saturated heterocycles. The van der Waals surface area contributed by atoms with E-state index in [4.69, 9.17) is 5.11 Å². The summed E-state index contributed by atoms with van der Waals surface area (Å²) >= 11 is 0. The molecule has 2 aromatic rings. The Balaban J connectivity index is 2.54. The van der Waals surface area contributed by atoms with Crippen molar-refractivity contribution in [2.45, 2.75) is 0 Å². The van der Waals surface area contributed by atoms with Crippen LogP contribution in [-0.2, 0) is 0 Å². The SMILES string of the molecule is OCC=Cc1cccc2[nH]ncc12. The molecule has 1 aromatic heterocycles. The molecule has 1 aromatic carbocycles. The molecule has 0 aliphatic carbocycles. The summed E-state index contributed by atoms with van der Waals surface area (Å²) in [5.41, 5.74) is 2.08. The van der Waals surface area contributed by atoms with Crippen LogP contribution in [0.5, 0.6) is 0 Å². The molecule has 0 bridgehead atoms. The van der Waals surface area contributed by atoms with Gasteiger partial charge in [-0.3, -0.25) is 5.10 Å². The van der Waals surface area contributed by atoms with Crippen molar-refractivity contribution in [2.75, 3.05) is 6.61 Å². The van der Waals surface area contributed by atoms with Crippen molar-refractivity contribution >= 4 is 17.0 Å². The van der Waals surface area contributed by atoms with Crippen molar-refractivity contribution in [1.82, 2.24) is 10.2 Å². The molecule has 0 spiro atoms. The molecule has 0 aliphatic heterocycles. The third-order valence-corrected chi connectivity index (χ3v) is 1.92. The molecule has 13 heavy (non-hydrogen) atoms. The zero-order valence-electron chi connectivity index (χ0n) is 7.07. The van der Waals surface area contributed by atoms with Crippen LogP contribution >= 0.6 is 0 Å². The highest BCUT2D eigenvalue weighted by atomic mass is 16.2. The molecule has 2 N–H and O–H groups in total. The number of nitrogens with one attached hydrogen (secondary N) is 1. The fourth-order valence-electron chi connectivity index (χ4n) is 1.32. The fraction of sp³-hybridized carbons (Fsp3) is 0.100. The third-order valence-electron chi connectivity index (χ3n) is 1.92. The summed E-state index contributed by atoms with van der Waals surface area (Å²) in [5, 5.41) is 16.6. The van der Waals surface area contributed by atoms with E-state index in [1.165, 1.54) is 0 Å². The van der Waals surface area contributed by atoms with Gasteiger partial charge in [-0.2, -0.15) is 5.10 Å². The fourth-order valence-corrected chi connectivity index (χ4v) is 1.32. The van der Waals surface area contributed by atoms with Gasteiger partial charge in [0.05, 0.1) is 18.3 Å². The molecule has 0 aliphatic rings. The Labute approximate surface area is 75.7 Å². The van der Waals surface area contributed by atoms with E-state index in [1.54, 1.807) is 12.3 Å². The number of nitrogens with zero attached hydrogens (tertiary/aromatic N) is 1. The molecular formula is C10H10N2O. The van der Waals surface area contributed by atoms with Gasteiger partial charge in [0.15, 0.2) is 0 Å². The summed E-state index contributed by atoms with van der Waals surface area (Å²) < 4.78 is 0. The van der Waals surface area contributed by atoms with E-state index in [9.17, 15) is 0 Å². The van der Waals surface area contributed by atoms with Crippen LogP contribution in [0.1, 0.15) is 5.56 Å². The Morgan fingerprint density at radius 2 is 2.38 bits per heavy atom. The molecule has 0 amide bonds. The highest BCUT2D eigenvalue weighted by molar-refractivity contribution is 5.87. The Hall–Kier alpha value is -1.61. The largest absolute Gasteiger partial charge is 0.392 e. The minimum absolute atomic E-state index is 0.0637. The number of aromatic nitrogens is 2. The molecule has 0 radical (unpaired) electrons. The molecular weight excluding hydrogens is 164 g/mol. The zero-order valence-corrected chi connectivity index (χ0v) is 7.07. The van der Waals surface area contributed by atoms with Crippen LogP contribution in [-0.4, -0.2) is 21.9 Å². The molecule has 66 valence electrons. The second-order valence-electron chi connectivity index (χ2n) is 2.76. The second-order valence-corrected chi connectivity index (χ2v) is 2.76. The molecule has 3 heteroatoms. The summed E-state index contributed by atoms with van der Waals surface area (Å²) in [6.07, 6.45) is 5.38. The maximum Gasteiger partial charge on any atom is 0.0656 e. The van der Waals surface area contributed by atoms with Gasteiger partial charge < -0.3 is 5.11 Å². The van der Waals surface area contributed by atoms with Crippen LogP contribution in [0.4, 0.5) is 0 Å². The number of H-pyrrole nitrogens is 1. The maximum absolute atomic E-state index is 8.64. The Morgan fingerprint density at radius 3 is 3.23 bits per heavy atom. The highest BCUT2D eigenvalue weighted by Gasteiger charge is 1.97. The molecule has 2 rings (SSSR count). The average Bonchev–Trinajstić information content (AvgIpc) is 2.62. The molecule has 1 heterocycles. The monoisotopic (exact) mass is 174 g/mol. The van der Waals surface area contributed by atoms with Gasteiger partial charge in [0, 0.05) is 5.39 Å². The topological polar surface area (TPSA) is 48.9 Å². The van der Waals surface area contributed by atoms with Gasteiger partial charge in [-0.25, -0.2) is 0 Å². The van der Waals surface area contributed by atoms with E-state index in [2.05, 4.69) is 10.2 Å². The van der Waals surface area contributed by atoms with Crippen molar-refractivity contribution in [1.29, 1.82) is 0 Å². The summed E-state index contributed by atoms with van der Waals surface area (Å²) in [7, 11) is 0. The van der Waals surface area contributed by atoms with E-state index >= 15 is 0 Å². The predicted molar refractivity (Wildman–Crippen MR) is 52.2 cm³/mol. The number of rotatable bonds is 2. The Morgan fingerprint density at radius 1 is 1.46 bits per heavy atom. The summed E-state index contributed by atoms with van der Waals surface area (Å²) in [4.78, 5) is 0. The van der Waals surface area contributed by atoms with Crippen LogP contribution in [0, 0.1) is 0 Å². The molecule has 3 nitrogen and oxygen atoms in total. The van der Waals surface area contributed by atoms with Gasteiger partial charge in [0.1, 0.15) is 0 Å². The first-order chi connectivity index (χ1) is 6.42. The maximum atomic E-state index is 8.64. The molecule has 0 unspecified atom stereocenters. The third kappa shape index (κ3) is 1.46. The summed E-state index contributed by atoms with van der Waals surface area (Å²) in [5.74, 6) is 0. The Kier molecular flexibility index (Phi) is 2.10. The second kappa shape index (κ2) is 3.41. The normalized spacial score (nSPS) is 11.5. The van der Waals surface area contributed by atoms with Gasteiger partial charge in [-0.1, -0.05) is 24.3 Å². The zero-order chi connectivity index (χ0) is 9.10. The number of benzene rings is 1. The van der Waals surface area contributed by atoms with Crippen molar-refractivity contribution in [3.8, 4) is 0 Å².